The number of aliphatic carboxylic acids is 1. The molecule has 1 unspecified atom stereocenters. The summed E-state index contributed by atoms with van der Waals surface area (Å²) in [4.78, 5) is 36.4. The number of amides is 3. The number of hydrogen-bond donors (Lipinski definition) is 3. The topological polar surface area (TPSA) is 98.7 Å². The van der Waals surface area contributed by atoms with Crippen LogP contribution in [0.4, 0.5) is 4.79 Å². The van der Waals surface area contributed by atoms with E-state index in [-0.39, 0.29) is 24.3 Å². The van der Waals surface area contributed by atoms with Gasteiger partial charge in [0.2, 0.25) is 5.91 Å². The SMILES string of the molecule is CC(C)CNC(=O)N1CCCC(CC(=O)NCCCCCC(=O)O)C1. The molecule has 0 aromatic carbocycles. The molecule has 25 heavy (non-hydrogen) atoms. The number of unbranched alkanes of at least 4 members (excludes halogenated alkanes) is 2. The maximum atomic E-state index is 12.1. The van der Waals surface area contributed by atoms with Gasteiger partial charge in [-0.25, -0.2) is 4.79 Å². The largest absolute Gasteiger partial charge is 0.481 e. The van der Waals surface area contributed by atoms with Crippen molar-refractivity contribution in [3.63, 3.8) is 0 Å². The Bertz CT molecular complexity index is 440. The predicted molar refractivity (Wildman–Crippen MR) is 96.3 cm³/mol. The smallest absolute Gasteiger partial charge is 0.317 e. The van der Waals surface area contributed by atoms with Crippen molar-refractivity contribution in [2.45, 2.75) is 58.8 Å². The highest BCUT2D eigenvalue weighted by molar-refractivity contribution is 5.77. The lowest BCUT2D eigenvalue weighted by atomic mass is 9.94. The maximum absolute atomic E-state index is 12.1. The molecule has 0 radical (unpaired) electrons. The number of carbonyl (C=O) groups excluding carboxylic acids is 2. The molecule has 7 nitrogen and oxygen atoms in total. The molecular weight excluding hydrogens is 322 g/mol. The van der Waals surface area contributed by atoms with Crippen LogP contribution in [-0.4, -0.2) is 54.1 Å². The molecule has 7 heteroatoms. The van der Waals surface area contributed by atoms with E-state index in [9.17, 15) is 14.4 Å². The second-order valence-electron chi connectivity index (χ2n) is 7.29. The number of carboxylic acids is 1. The second kappa shape index (κ2) is 11.7. The minimum Gasteiger partial charge on any atom is -0.481 e. The number of piperidine rings is 1. The van der Waals surface area contributed by atoms with Crippen molar-refractivity contribution < 1.29 is 19.5 Å². The fraction of sp³-hybridized carbons (Fsp3) is 0.833. The molecule has 0 bridgehead atoms. The molecule has 1 fully saturated rings. The molecular formula is C18H33N3O4. The standard InChI is InChI=1S/C18H33N3O4/c1-14(2)12-20-18(25)21-10-6-7-15(13-21)11-16(22)19-9-5-3-4-8-17(23)24/h14-15H,3-13H2,1-2H3,(H,19,22)(H,20,25)(H,23,24). The quantitative estimate of drug-likeness (QED) is 0.523. The molecule has 144 valence electrons. The van der Waals surface area contributed by atoms with Crippen molar-refractivity contribution in [2.24, 2.45) is 11.8 Å². The minimum atomic E-state index is -0.775. The van der Waals surface area contributed by atoms with Crippen molar-refractivity contribution in [2.75, 3.05) is 26.2 Å². The zero-order chi connectivity index (χ0) is 18.7. The Morgan fingerprint density at radius 2 is 1.92 bits per heavy atom. The van der Waals surface area contributed by atoms with Gasteiger partial charge in [0.25, 0.3) is 0 Å². The lowest BCUT2D eigenvalue weighted by molar-refractivity contribution is -0.137. The fourth-order valence-corrected chi connectivity index (χ4v) is 2.96. The van der Waals surface area contributed by atoms with Crippen LogP contribution in [-0.2, 0) is 9.59 Å². The number of carbonyl (C=O) groups is 3. The number of nitrogens with zero attached hydrogens (tertiary/aromatic N) is 1. The van der Waals surface area contributed by atoms with Crippen LogP contribution in [0.1, 0.15) is 58.8 Å². The van der Waals surface area contributed by atoms with Gasteiger partial charge < -0.3 is 20.6 Å². The van der Waals surface area contributed by atoms with Gasteiger partial charge >= 0.3 is 12.0 Å². The summed E-state index contributed by atoms with van der Waals surface area (Å²) >= 11 is 0. The number of carboxylic acid groups (broad SMARTS) is 1. The number of likely N-dealkylation sites (tertiary alicyclic amines) is 1. The molecule has 0 aromatic rings. The van der Waals surface area contributed by atoms with Crippen LogP contribution in [0, 0.1) is 11.8 Å². The van der Waals surface area contributed by atoms with E-state index in [1.54, 1.807) is 0 Å². The van der Waals surface area contributed by atoms with E-state index < -0.39 is 5.97 Å². The summed E-state index contributed by atoms with van der Waals surface area (Å²) in [5.74, 6) is -0.118. The molecule has 1 atom stereocenters. The average molecular weight is 355 g/mol. The highest BCUT2D eigenvalue weighted by Crippen LogP contribution is 2.19. The van der Waals surface area contributed by atoms with Gasteiger partial charge in [-0.2, -0.15) is 0 Å². The molecule has 3 N–H and O–H groups in total. The van der Waals surface area contributed by atoms with Crippen LogP contribution in [0.2, 0.25) is 0 Å². The third-order valence-corrected chi connectivity index (χ3v) is 4.33. The van der Waals surface area contributed by atoms with Gasteiger partial charge in [0.05, 0.1) is 0 Å². The summed E-state index contributed by atoms with van der Waals surface area (Å²) < 4.78 is 0. The van der Waals surface area contributed by atoms with Gasteiger partial charge in [0, 0.05) is 39.0 Å². The van der Waals surface area contributed by atoms with E-state index >= 15 is 0 Å². The number of hydrogen-bond acceptors (Lipinski definition) is 3. The summed E-state index contributed by atoms with van der Waals surface area (Å²) in [6, 6.07) is -0.0303. The normalized spacial score (nSPS) is 17.4. The summed E-state index contributed by atoms with van der Waals surface area (Å²) in [6.45, 7) is 6.77. The van der Waals surface area contributed by atoms with Crippen molar-refractivity contribution >= 4 is 17.9 Å². The van der Waals surface area contributed by atoms with E-state index in [4.69, 9.17) is 5.11 Å². The van der Waals surface area contributed by atoms with Crippen molar-refractivity contribution in [1.82, 2.24) is 15.5 Å². The Labute approximate surface area is 150 Å². The van der Waals surface area contributed by atoms with Crippen LogP contribution < -0.4 is 10.6 Å². The molecule has 3 amide bonds. The van der Waals surface area contributed by atoms with Crippen molar-refractivity contribution in [1.29, 1.82) is 0 Å². The van der Waals surface area contributed by atoms with Gasteiger partial charge in [-0.3, -0.25) is 9.59 Å². The van der Waals surface area contributed by atoms with Gasteiger partial charge in [0.15, 0.2) is 0 Å². The Morgan fingerprint density at radius 3 is 2.60 bits per heavy atom. The average Bonchev–Trinajstić information content (AvgIpc) is 2.55. The molecule has 0 spiro atoms. The second-order valence-corrected chi connectivity index (χ2v) is 7.29. The molecule has 1 saturated heterocycles. The number of rotatable bonds is 10. The van der Waals surface area contributed by atoms with E-state index in [2.05, 4.69) is 24.5 Å². The Kier molecular flexibility index (Phi) is 9.96. The Hall–Kier alpha value is -1.79. The fourth-order valence-electron chi connectivity index (χ4n) is 2.96. The van der Waals surface area contributed by atoms with Gasteiger partial charge in [0.1, 0.15) is 0 Å². The zero-order valence-electron chi connectivity index (χ0n) is 15.6. The van der Waals surface area contributed by atoms with Crippen LogP contribution in [0.15, 0.2) is 0 Å². The monoisotopic (exact) mass is 355 g/mol. The molecule has 1 heterocycles. The first kappa shape index (κ1) is 21.3. The summed E-state index contributed by atoms with van der Waals surface area (Å²) in [5.41, 5.74) is 0. The highest BCUT2D eigenvalue weighted by Gasteiger charge is 2.25. The third kappa shape index (κ3) is 9.94. The lowest BCUT2D eigenvalue weighted by Gasteiger charge is -2.32. The lowest BCUT2D eigenvalue weighted by Crippen LogP contribution is -2.47. The Balaban J connectivity index is 2.19. The third-order valence-electron chi connectivity index (χ3n) is 4.33. The van der Waals surface area contributed by atoms with Gasteiger partial charge in [-0.1, -0.05) is 20.3 Å². The zero-order valence-corrected chi connectivity index (χ0v) is 15.6. The van der Waals surface area contributed by atoms with Gasteiger partial charge in [-0.05, 0) is 37.5 Å². The van der Waals surface area contributed by atoms with E-state index in [1.807, 2.05) is 4.90 Å². The molecule has 0 aliphatic carbocycles. The molecule has 0 aromatic heterocycles. The van der Waals surface area contributed by atoms with Crippen LogP contribution >= 0.6 is 0 Å². The van der Waals surface area contributed by atoms with Crippen LogP contribution in [0.5, 0.6) is 0 Å². The maximum Gasteiger partial charge on any atom is 0.317 e. The van der Waals surface area contributed by atoms with E-state index in [1.165, 1.54) is 0 Å². The Morgan fingerprint density at radius 1 is 1.16 bits per heavy atom. The molecule has 0 saturated carbocycles. The summed E-state index contributed by atoms with van der Waals surface area (Å²) in [5, 5.41) is 14.4. The first-order chi connectivity index (χ1) is 11.9. The number of nitrogens with one attached hydrogen (secondary N) is 2. The van der Waals surface area contributed by atoms with Crippen LogP contribution in [0.3, 0.4) is 0 Å². The first-order valence-electron chi connectivity index (χ1n) is 9.39. The molecule has 1 aliphatic heterocycles. The van der Waals surface area contributed by atoms with Gasteiger partial charge in [-0.15, -0.1) is 0 Å². The molecule has 1 rings (SSSR count). The predicted octanol–water partition coefficient (Wildman–Crippen LogP) is 2.22. The summed E-state index contributed by atoms with van der Waals surface area (Å²) in [7, 11) is 0. The van der Waals surface area contributed by atoms with Crippen molar-refractivity contribution in [3.8, 4) is 0 Å². The molecule has 1 aliphatic rings. The van der Waals surface area contributed by atoms with Crippen LogP contribution in [0.25, 0.3) is 0 Å². The number of urea groups is 1. The minimum absolute atomic E-state index is 0.0210. The highest BCUT2D eigenvalue weighted by atomic mass is 16.4. The van der Waals surface area contributed by atoms with E-state index in [0.717, 1.165) is 32.2 Å². The summed E-state index contributed by atoms with van der Waals surface area (Å²) in [6.07, 6.45) is 4.79. The first-order valence-corrected chi connectivity index (χ1v) is 9.39. The van der Waals surface area contributed by atoms with E-state index in [0.29, 0.717) is 38.4 Å². The van der Waals surface area contributed by atoms with Crippen molar-refractivity contribution in [3.05, 3.63) is 0 Å².